The standard InChI is InChI=1S/C15H21ClN4O4S/c1-17-15(22)18-14(21)6-7-19-8-10-20(11-9-19)25(23,24)13-5-3-2-4-12(13)16/h2-5H,6-11H2,1H3,(H2,17,18,21,22). The molecule has 0 saturated carbocycles. The number of nitrogens with zero attached hydrogens (tertiary/aromatic N) is 2. The molecule has 10 heteroatoms. The van der Waals surface area contributed by atoms with E-state index < -0.39 is 16.1 Å². The Balaban J connectivity index is 1.86. The lowest BCUT2D eigenvalue weighted by Gasteiger charge is -2.33. The molecule has 8 nitrogen and oxygen atoms in total. The Morgan fingerprint density at radius 3 is 2.40 bits per heavy atom. The first-order valence-corrected chi connectivity index (χ1v) is 9.65. The Bertz CT molecular complexity index is 733. The van der Waals surface area contributed by atoms with Crippen LogP contribution in [0.25, 0.3) is 0 Å². The second kappa shape index (κ2) is 8.61. The molecule has 1 aromatic rings. The van der Waals surface area contributed by atoms with E-state index in [1.54, 1.807) is 18.2 Å². The van der Waals surface area contributed by atoms with Crippen molar-refractivity contribution in [1.82, 2.24) is 19.8 Å². The number of piperazine rings is 1. The molecule has 0 aliphatic carbocycles. The highest BCUT2D eigenvalue weighted by Crippen LogP contribution is 2.24. The number of carbonyl (C=O) groups is 2. The Kier molecular flexibility index (Phi) is 6.77. The lowest BCUT2D eigenvalue weighted by molar-refractivity contribution is -0.120. The minimum atomic E-state index is -3.62. The average Bonchev–Trinajstić information content (AvgIpc) is 2.60. The Morgan fingerprint density at radius 2 is 1.80 bits per heavy atom. The van der Waals surface area contributed by atoms with Crippen LogP contribution in [0.1, 0.15) is 6.42 Å². The molecule has 0 bridgehead atoms. The smallest absolute Gasteiger partial charge is 0.321 e. The van der Waals surface area contributed by atoms with E-state index >= 15 is 0 Å². The number of hydrogen-bond acceptors (Lipinski definition) is 5. The molecule has 3 amide bonds. The van der Waals surface area contributed by atoms with Gasteiger partial charge in [0.1, 0.15) is 4.90 Å². The summed E-state index contributed by atoms with van der Waals surface area (Å²) in [4.78, 5) is 24.7. The van der Waals surface area contributed by atoms with Gasteiger partial charge in [0.2, 0.25) is 15.9 Å². The van der Waals surface area contributed by atoms with Crippen LogP contribution < -0.4 is 10.6 Å². The van der Waals surface area contributed by atoms with E-state index in [9.17, 15) is 18.0 Å². The SMILES string of the molecule is CNC(=O)NC(=O)CCN1CCN(S(=O)(=O)c2ccccc2Cl)CC1. The molecule has 1 saturated heterocycles. The number of carbonyl (C=O) groups excluding carboxylic acids is 2. The molecule has 25 heavy (non-hydrogen) atoms. The number of hydrogen-bond donors (Lipinski definition) is 2. The summed E-state index contributed by atoms with van der Waals surface area (Å²) in [5.74, 6) is -0.370. The van der Waals surface area contributed by atoms with Crippen molar-refractivity contribution in [2.45, 2.75) is 11.3 Å². The van der Waals surface area contributed by atoms with Gasteiger partial charge in [0.15, 0.2) is 0 Å². The van der Waals surface area contributed by atoms with E-state index in [0.29, 0.717) is 32.7 Å². The fraction of sp³-hybridized carbons (Fsp3) is 0.467. The maximum Gasteiger partial charge on any atom is 0.321 e. The molecule has 0 aromatic heterocycles. The van der Waals surface area contributed by atoms with Gasteiger partial charge in [0.25, 0.3) is 0 Å². The Hall–Kier alpha value is -1.68. The molecule has 0 spiro atoms. The van der Waals surface area contributed by atoms with Crippen molar-refractivity contribution in [3.63, 3.8) is 0 Å². The first-order valence-electron chi connectivity index (χ1n) is 7.83. The average molecular weight is 389 g/mol. The number of benzene rings is 1. The van der Waals surface area contributed by atoms with Crippen LogP contribution in [0, 0.1) is 0 Å². The molecule has 1 aliphatic rings. The normalized spacial score (nSPS) is 16.4. The van der Waals surface area contributed by atoms with Crippen molar-refractivity contribution < 1.29 is 18.0 Å². The molecular formula is C15H21ClN4O4S. The van der Waals surface area contributed by atoms with Gasteiger partial charge in [0.05, 0.1) is 5.02 Å². The van der Waals surface area contributed by atoms with E-state index in [4.69, 9.17) is 11.6 Å². The highest BCUT2D eigenvalue weighted by atomic mass is 35.5. The molecule has 138 valence electrons. The summed E-state index contributed by atoms with van der Waals surface area (Å²) in [6.07, 6.45) is 0.171. The molecule has 1 heterocycles. The first kappa shape index (κ1) is 19.6. The number of rotatable bonds is 5. The molecule has 0 atom stereocenters. The van der Waals surface area contributed by atoms with E-state index in [0.717, 1.165) is 0 Å². The molecule has 0 radical (unpaired) electrons. The van der Waals surface area contributed by atoms with Crippen LogP contribution in [-0.4, -0.2) is 69.3 Å². The van der Waals surface area contributed by atoms with Crippen LogP contribution in [0.3, 0.4) is 0 Å². The summed E-state index contributed by atoms with van der Waals surface area (Å²) < 4.78 is 26.7. The topological polar surface area (TPSA) is 98.8 Å². The van der Waals surface area contributed by atoms with Crippen molar-refractivity contribution in [3.8, 4) is 0 Å². The zero-order valence-electron chi connectivity index (χ0n) is 13.9. The second-order valence-electron chi connectivity index (χ2n) is 5.55. The van der Waals surface area contributed by atoms with Crippen molar-refractivity contribution in [1.29, 1.82) is 0 Å². The minimum absolute atomic E-state index is 0.107. The van der Waals surface area contributed by atoms with Crippen LogP contribution in [0.15, 0.2) is 29.2 Å². The van der Waals surface area contributed by atoms with Crippen LogP contribution >= 0.6 is 11.6 Å². The van der Waals surface area contributed by atoms with Crippen molar-refractivity contribution in [2.75, 3.05) is 39.8 Å². The number of amides is 3. The summed E-state index contributed by atoms with van der Waals surface area (Å²) in [6.45, 7) is 2.13. The quantitative estimate of drug-likeness (QED) is 0.765. The van der Waals surface area contributed by atoms with Crippen molar-refractivity contribution >= 4 is 33.6 Å². The predicted molar refractivity (Wildman–Crippen MR) is 93.9 cm³/mol. The van der Waals surface area contributed by atoms with Gasteiger partial charge in [0, 0.05) is 46.2 Å². The van der Waals surface area contributed by atoms with Crippen LogP contribution in [-0.2, 0) is 14.8 Å². The summed E-state index contributed by atoms with van der Waals surface area (Å²) in [5, 5.41) is 4.71. The van der Waals surface area contributed by atoms with Gasteiger partial charge in [-0.1, -0.05) is 23.7 Å². The third-order valence-corrected chi connectivity index (χ3v) is 6.32. The minimum Gasteiger partial charge on any atom is -0.341 e. The van der Waals surface area contributed by atoms with E-state index in [2.05, 4.69) is 10.6 Å². The van der Waals surface area contributed by atoms with E-state index in [1.165, 1.54) is 17.4 Å². The fourth-order valence-corrected chi connectivity index (χ4v) is 4.41. The number of nitrogens with one attached hydrogen (secondary N) is 2. The van der Waals surface area contributed by atoms with Gasteiger partial charge < -0.3 is 10.2 Å². The van der Waals surface area contributed by atoms with Crippen LogP contribution in [0.5, 0.6) is 0 Å². The number of sulfonamides is 1. The first-order chi connectivity index (χ1) is 11.8. The van der Waals surface area contributed by atoms with Crippen molar-refractivity contribution in [2.24, 2.45) is 0 Å². The number of imide groups is 1. The molecule has 1 fully saturated rings. The number of urea groups is 1. The summed E-state index contributed by atoms with van der Waals surface area (Å²) >= 11 is 6.00. The zero-order valence-corrected chi connectivity index (χ0v) is 15.4. The summed E-state index contributed by atoms with van der Waals surface area (Å²) in [6, 6.07) is 5.83. The predicted octanol–water partition coefficient (Wildman–Crippen LogP) is 0.492. The molecular weight excluding hydrogens is 368 g/mol. The Morgan fingerprint density at radius 1 is 1.16 bits per heavy atom. The maximum absolute atomic E-state index is 12.6. The molecule has 0 unspecified atom stereocenters. The largest absolute Gasteiger partial charge is 0.341 e. The van der Waals surface area contributed by atoms with Crippen LogP contribution in [0.4, 0.5) is 4.79 Å². The molecule has 1 aliphatic heterocycles. The van der Waals surface area contributed by atoms with Crippen LogP contribution in [0.2, 0.25) is 5.02 Å². The fourth-order valence-electron chi connectivity index (χ4n) is 2.50. The molecule has 2 rings (SSSR count). The van der Waals surface area contributed by atoms with Gasteiger partial charge >= 0.3 is 6.03 Å². The molecule has 1 aromatic carbocycles. The van der Waals surface area contributed by atoms with Gasteiger partial charge in [-0.3, -0.25) is 10.1 Å². The second-order valence-corrected chi connectivity index (χ2v) is 7.87. The number of halogens is 1. The van der Waals surface area contributed by atoms with Gasteiger partial charge in [-0.25, -0.2) is 13.2 Å². The maximum atomic E-state index is 12.6. The van der Waals surface area contributed by atoms with E-state index in [-0.39, 0.29) is 22.2 Å². The van der Waals surface area contributed by atoms with Gasteiger partial charge in [-0.05, 0) is 12.1 Å². The lowest BCUT2D eigenvalue weighted by atomic mass is 10.3. The highest BCUT2D eigenvalue weighted by molar-refractivity contribution is 7.89. The zero-order chi connectivity index (χ0) is 18.4. The monoisotopic (exact) mass is 388 g/mol. The van der Waals surface area contributed by atoms with Crippen molar-refractivity contribution in [3.05, 3.63) is 29.3 Å². The lowest BCUT2D eigenvalue weighted by Crippen LogP contribution is -2.49. The summed E-state index contributed by atoms with van der Waals surface area (Å²) in [5.41, 5.74) is 0. The highest BCUT2D eigenvalue weighted by Gasteiger charge is 2.29. The van der Waals surface area contributed by atoms with Gasteiger partial charge in [-0.15, -0.1) is 0 Å². The van der Waals surface area contributed by atoms with Gasteiger partial charge in [-0.2, -0.15) is 4.31 Å². The summed E-state index contributed by atoms with van der Waals surface area (Å²) in [7, 11) is -2.19. The molecule has 2 N–H and O–H groups in total. The Labute approximate surface area is 152 Å². The van der Waals surface area contributed by atoms with E-state index in [1.807, 2.05) is 4.90 Å². The third-order valence-electron chi connectivity index (χ3n) is 3.92. The third kappa shape index (κ3) is 5.15.